The summed E-state index contributed by atoms with van der Waals surface area (Å²) < 4.78 is 27.4. The highest BCUT2D eigenvalue weighted by Crippen LogP contribution is 2.26. The monoisotopic (exact) mass is 418 g/mol. The first-order valence-electron chi connectivity index (χ1n) is 8.61. The van der Waals surface area contributed by atoms with Crippen LogP contribution in [-0.4, -0.2) is 32.7 Å². The molecular weight excluding hydrogens is 397 g/mol. The fourth-order valence-corrected chi connectivity index (χ4v) is 3.02. The summed E-state index contributed by atoms with van der Waals surface area (Å²) in [5, 5.41) is 12.0. The standard InChI is InChI=1S/C18H22Cl2F2N4O/c1-9(2)4-12(8-27)23-18-25-15(24-17(20)26-18)5-10(3)11-6-13(21)16(19)14(22)7-11/h6-7,9-10,12,27H,4-5,8H2,1-3H3,(H,23,24,25,26)/t10?,12-/m1/s1. The fourth-order valence-electron chi connectivity index (χ4n) is 2.73. The predicted molar refractivity (Wildman–Crippen MR) is 102 cm³/mol. The van der Waals surface area contributed by atoms with Crippen molar-refractivity contribution in [3.8, 4) is 0 Å². The molecule has 148 valence electrons. The molecule has 0 amide bonds. The van der Waals surface area contributed by atoms with Gasteiger partial charge in [-0.15, -0.1) is 0 Å². The number of benzene rings is 1. The van der Waals surface area contributed by atoms with Crippen molar-refractivity contribution < 1.29 is 13.9 Å². The lowest BCUT2D eigenvalue weighted by Crippen LogP contribution is -2.27. The van der Waals surface area contributed by atoms with E-state index in [2.05, 4.69) is 20.3 Å². The second kappa shape index (κ2) is 9.57. The predicted octanol–water partition coefficient (Wildman–Crippen LogP) is 4.62. The maximum absolute atomic E-state index is 13.7. The van der Waals surface area contributed by atoms with Gasteiger partial charge in [-0.1, -0.05) is 32.4 Å². The first-order chi connectivity index (χ1) is 12.7. The molecule has 1 aromatic carbocycles. The summed E-state index contributed by atoms with van der Waals surface area (Å²) >= 11 is 11.5. The van der Waals surface area contributed by atoms with Crippen LogP contribution in [0.5, 0.6) is 0 Å². The van der Waals surface area contributed by atoms with Gasteiger partial charge in [0.2, 0.25) is 11.2 Å². The van der Waals surface area contributed by atoms with Gasteiger partial charge in [0.25, 0.3) is 0 Å². The van der Waals surface area contributed by atoms with E-state index < -0.39 is 16.7 Å². The molecular formula is C18H22Cl2F2N4O. The zero-order valence-electron chi connectivity index (χ0n) is 15.3. The van der Waals surface area contributed by atoms with Crippen LogP contribution in [0.1, 0.15) is 44.5 Å². The zero-order chi connectivity index (χ0) is 20.1. The number of nitrogens with zero attached hydrogens (tertiary/aromatic N) is 3. The lowest BCUT2D eigenvalue weighted by molar-refractivity contribution is 0.259. The van der Waals surface area contributed by atoms with Gasteiger partial charge in [0.15, 0.2) is 0 Å². The Bertz CT molecular complexity index is 769. The number of rotatable bonds is 8. The van der Waals surface area contributed by atoms with Gasteiger partial charge in [-0.25, -0.2) is 13.8 Å². The molecule has 5 nitrogen and oxygen atoms in total. The van der Waals surface area contributed by atoms with Crippen LogP contribution in [0.3, 0.4) is 0 Å². The van der Waals surface area contributed by atoms with E-state index in [1.165, 1.54) is 12.1 Å². The zero-order valence-corrected chi connectivity index (χ0v) is 16.8. The second-order valence-corrected chi connectivity index (χ2v) is 7.62. The highest BCUT2D eigenvalue weighted by atomic mass is 35.5. The molecule has 1 aromatic heterocycles. The molecule has 9 heteroatoms. The Balaban J connectivity index is 2.18. The van der Waals surface area contributed by atoms with E-state index in [1.807, 2.05) is 13.8 Å². The number of aliphatic hydroxyl groups excluding tert-OH is 1. The third-order valence-electron chi connectivity index (χ3n) is 4.03. The fraction of sp³-hybridized carbons (Fsp3) is 0.500. The Morgan fingerprint density at radius 2 is 1.70 bits per heavy atom. The molecule has 0 aliphatic carbocycles. The summed E-state index contributed by atoms with van der Waals surface area (Å²) in [5.74, 6) is -0.890. The van der Waals surface area contributed by atoms with Crippen LogP contribution in [0.25, 0.3) is 0 Å². The van der Waals surface area contributed by atoms with Crippen LogP contribution < -0.4 is 5.32 Å². The molecule has 0 aliphatic heterocycles. The molecule has 2 rings (SSSR count). The molecule has 0 spiro atoms. The maximum atomic E-state index is 13.7. The quantitative estimate of drug-likeness (QED) is 0.611. The summed E-state index contributed by atoms with van der Waals surface area (Å²) in [4.78, 5) is 12.4. The normalized spacial score (nSPS) is 13.7. The molecule has 2 N–H and O–H groups in total. The van der Waals surface area contributed by atoms with Gasteiger partial charge in [-0.3, -0.25) is 0 Å². The number of hydrogen-bond donors (Lipinski definition) is 2. The number of nitrogens with one attached hydrogen (secondary N) is 1. The van der Waals surface area contributed by atoms with Gasteiger partial charge < -0.3 is 10.4 Å². The molecule has 2 aromatic rings. The molecule has 0 fully saturated rings. The van der Waals surface area contributed by atoms with Crippen molar-refractivity contribution in [2.24, 2.45) is 5.92 Å². The maximum Gasteiger partial charge on any atom is 0.227 e. The lowest BCUT2D eigenvalue weighted by atomic mass is 9.97. The lowest BCUT2D eigenvalue weighted by Gasteiger charge is -2.19. The Morgan fingerprint density at radius 1 is 1.07 bits per heavy atom. The molecule has 0 bridgehead atoms. The van der Waals surface area contributed by atoms with Crippen LogP contribution in [0.2, 0.25) is 10.3 Å². The van der Waals surface area contributed by atoms with E-state index in [1.54, 1.807) is 6.92 Å². The number of anilines is 1. The number of aromatic nitrogens is 3. The van der Waals surface area contributed by atoms with E-state index in [0.717, 1.165) is 6.42 Å². The Kier molecular flexibility index (Phi) is 7.70. The van der Waals surface area contributed by atoms with Crippen LogP contribution in [0.4, 0.5) is 14.7 Å². The van der Waals surface area contributed by atoms with Crippen molar-refractivity contribution in [1.29, 1.82) is 0 Å². The topological polar surface area (TPSA) is 70.9 Å². The summed E-state index contributed by atoms with van der Waals surface area (Å²) in [6, 6.07) is 2.18. The molecule has 1 heterocycles. The van der Waals surface area contributed by atoms with Crippen LogP contribution in [0.15, 0.2) is 12.1 Å². The molecule has 0 aliphatic rings. The van der Waals surface area contributed by atoms with Crippen molar-refractivity contribution in [3.05, 3.63) is 45.5 Å². The van der Waals surface area contributed by atoms with Crippen LogP contribution >= 0.6 is 23.2 Å². The molecule has 2 atom stereocenters. The Morgan fingerprint density at radius 3 is 2.26 bits per heavy atom. The number of aliphatic hydroxyl groups is 1. The average molecular weight is 419 g/mol. The van der Waals surface area contributed by atoms with Crippen molar-refractivity contribution in [1.82, 2.24) is 15.0 Å². The van der Waals surface area contributed by atoms with Gasteiger partial charge in [-0.2, -0.15) is 9.97 Å². The highest BCUT2D eigenvalue weighted by molar-refractivity contribution is 6.30. The molecule has 0 radical (unpaired) electrons. The minimum absolute atomic E-state index is 0.00408. The van der Waals surface area contributed by atoms with Crippen molar-refractivity contribution in [2.75, 3.05) is 11.9 Å². The second-order valence-electron chi connectivity index (χ2n) is 6.90. The summed E-state index contributed by atoms with van der Waals surface area (Å²) in [6.07, 6.45) is 1.03. The summed E-state index contributed by atoms with van der Waals surface area (Å²) in [5.41, 5.74) is 0.438. The smallest absolute Gasteiger partial charge is 0.227 e. The summed E-state index contributed by atoms with van der Waals surface area (Å²) in [7, 11) is 0. The van der Waals surface area contributed by atoms with Gasteiger partial charge >= 0.3 is 0 Å². The van der Waals surface area contributed by atoms with E-state index in [0.29, 0.717) is 23.7 Å². The highest BCUT2D eigenvalue weighted by Gasteiger charge is 2.17. The largest absolute Gasteiger partial charge is 0.394 e. The van der Waals surface area contributed by atoms with Crippen LogP contribution in [-0.2, 0) is 6.42 Å². The Hall–Kier alpha value is -1.57. The van der Waals surface area contributed by atoms with Gasteiger partial charge in [0.05, 0.1) is 12.6 Å². The first kappa shape index (κ1) is 21.7. The van der Waals surface area contributed by atoms with E-state index in [-0.39, 0.29) is 29.8 Å². The Labute approximate surface area is 167 Å². The minimum Gasteiger partial charge on any atom is -0.394 e. The third kappa shape index (κ3) is 6.23. The first-order valence-corrected chi connectivity index (χ1v) is 9.37. The number of halogens is 4. The van der Waals surface area contributed by atoms with E-state index >= 15 is 0 Å². The van der Waals surface area contributed by atoms with Crippen LogP contribution in [0, 0.1) is 17.6 Å². The van der Waals surface area contributed by atoms with Gasteiger partial charge in [-0.05, 0) is 47.6 Å². The third-order valence-corrected chi connectivity index (χ3v) is 4.56. The molecule has 0 saturated heterocycles. The van der Waals surface area contributed by atoms with E-state index in [4.69, 9.17) is 23.2 Å². The van der Waals surface area contributed by atoms with E-state index in [9.17, 15) is 13.9 Å². The minimum atomic E-state index is -0.811. The van der Waals surface area contributed by atoms with Crippen molar-refractivity contribution >= 4 is 29.2 Å². The molecule has 0 saturated carbocycles. The number of hydrogen-bond acceptors (Lipinski definition) is 5. The van der Waals surface area contributed by atoms with Gasteiger partial charge in [0.1, 0.15) is 22.5 Å². The SMILES string of the molecule is CC(C)C[C@H](CO)Nc1nc(Cl)nc(CC(C)c2cc(F)c(Cl)c(F)c2)n1. The van der Waals surface area contributed by atoms with Crippen molar-refractivity contribution in [2.45, 2.75) is 45.6 Å². The van der Waals surface area contributed by atoms with Gasteiger partial charge in [0, 0.05) is 6.42 Å². The molecule has 27 heavy (non-hydrogen) atoms. The molecule has 1 unspecified atom stereocenters. The average Bonchev–Trinajstić information content (AvgIpc) is 2.57. The summed E-state index contributed by atoms with van der Waals surface area (Å²) in [6.45, 7) is 5.81. The van der Waals surface area contributed by atoms with Crippen molar-refractivity contribution in [3.63, 3.8) is 0 Å².